The minimum atomic E-state index is 0.516. The third-order valence-corrected chi connectivity index (χ3v) is 2.40. The normalized spacial score (nSPS) is 29.0. The molecule has 0 saturated heterocycles. The topological polar surface area (TPSA) is 24.5 Å². The van der Waals surface area contributed by atoms with Crippen molar-refractivity contribution >= 4 is 0 Å². The van der Waals surface area contributed by atoms with Gasteiger partial charge in [0.15, 0.2) is 0 Å². The van der Waals surface area contributed by atoms with E-state index in [-0.39, 0.29) is 0 Å². The highest BCUT2D eigenvalue weighted by Gasteiger charge is 2.27. The van der Waals surface area contributed by atoms with Gasteiger partial charge in [0.25, 0.3) is 0 Å². The van der Waals surface area contributed by atoms with Crippen LogP contribution < -0.4 is 5.32 Å². The number of hydrogen-bond acceptors (Lipinski definition) is 3. The first-order valence-corrected chi connectivity index (χ1v) is 4.66. The number of hydrogen-bond donors (Lipinski definition) is 1. The Morgan fingerprint density at radius 1 is 1.42 bits per heavy atom. The maximum Gasteiger partial charge on any atom is 0.0605 e. The van der Waals surface area contributed by atoms with Crippen LogP contribution in [0, 0.1) is 0 Å². The molecule has 0 aromatic carbocycles. The molecule has 1 fully saturated rings. The summed E-state index contributed by atoms with van der Waals surface area (Å²) in [5.74, 6) is 0. The third-order valence-electron chi connectivity index (χ3n) is 2.40. The molecular weight excluding hydrogens is 152 g/mol. The number of nitrogens with zero attached hydrogens (tertiary/aromatic N) is 1. The zero-order chi connectivity index (χ0) is 8.97. The fourth-order valence-corrected chi connectivity index (χ4v) is 1.34. The largest absolute Gasteiger partial charge is 0.377 e. The highest BCUT2D eigenvalue weighted by atomic mass is 16.5. The monoisotopic (exact) mass is 172 g/mol. The first-order chi connectivity index (χ1) is 5.72. The van der Waals surface area contributed by atoms with Crippen molar-refractivity contribution in [1.29, 1.82) is 0 Å². The average Bonchev–Trinajstić information content (AvgIpc) is 1.93. The summed E-state index contributed by atoms with van der Waals surface area (Å²) in [5, 5.41) is 3.24. The van der Waals surface area contributed by atoms with Crippen LogP contribution in [0.5, 0.6) is 0 Å². The maximum atomic E-state index is 5.64. The zero-order valence-electron chi connectivity index (χ0n) is 8.34. The second-order valence-electron chi connectivity index (χ2n) is 3.75. The quantitative estimate of drug-likeness (QED) is 0.646. The summed E-state index contributed by atoms with van der Waals surface area (Å²) in [4.78, 5) is 2.15. The molecule has 1 aliphatic rings. The van der Waals surface area contributed by atoms with E-state index < -0.39 is 0 Å². The highest BCUT2D eigenvalue weighted by molar-refractivity contribution is 4.84. The Balaban J connectivity index is 1.90. The van der Waals surface area contributed by atoms with E-state index in [9.17, 15) is 0 Å². The molecule has 1 saturated carbocycles. The molecule has 0 unspecified atom stereocenters. The van der Waals surface area contributed by atoms with E-state index in [2.05, 4.69) is 24.3 Å². The summed E-state index contributed by atoms with van der Waals surface area (Å²) < 4.78 is 5.64. The van der Waals surface area contributed by atoms with Crippen LogP contribution in [0.3, 0.4) is 0 Å². The molecule has 1 N–H and O–H groups in total. The van der Waals surface area contributed by atoms with Gasteiger partial charge in [-0.15, -0.1) is 0 Å². The molecule has 0 aromatic rings. The van der Waals surface area contributed by atoms with Crippen LogP contribution in [0.4, 0.5) is 0 Å². The zero-order valence-corrected chi connectivity index (χ0v) is 8.34. The molecule has 0 heterocycles. The molecule has 1 rings (SSSR count). The van der Waals surface area contributed by atoms with Gasteiger partial charge in [-0.3, -0.25) is 0 Å². The van der Waals surface area contributed by atoms with Crippen molar-refractivity contribution in [2.24, 2.45) is 0 Å². The molecule has 0 bridgehead atoms. The van der Waals surface area contributed by atoms with E-state index in [1.165, 1.54) is 12.8 Å². The second kappa shape index (κ2) is 4.80. The van der Waals surface area contributed by atoms with Gasteiger partial charge in [0.2, 0.25) is 0 Å². The van der Waals surface area contributed by atoms with Gasteiger partial charge in [-0.1, -0.05) is 0 Å². The van der Waals surface area contributed by atoms with Gasteiger partial charge in [-0.05, 0) is 34.0 Å². The van der Waals surface area contributed by atoms with Crippen LogP contribution >= 0.6 is 0 Å². The van der Waals surface area contributed by atoms with Crippen LogP contribution in [0.15, 0.2) is 0 Å². The summed E-state index contributed by atoms with van der Waals surface area (Å²) in [7, 11) is 6.15. The summed E-state index contributed by atoms with van der Waals surface area (Å²) >= 11 is 0. The van der Waals surface area contributed by atoms with Gasteiger partial charge >= 0.3 is 0 Å². The van der Waals surface area contributed by atoms with E-state index in [1.54, 1.807) is 0 Å². The minimum Gasteiger partial charge on any atom is -0.377 e. The van der Waals surface area contributed by atoms with Crippen LogP contribution in [0.25, 0.3) is 0 Å². The first-order valence-electron chi connectivity index (χ1n) is 4.66. The Morgan fingerprint density at radius 3 is 2.58 bits per heavy atom. The Morgan fingerprint density at radius 2 is 2.08 bits per heavy atom. The van der Waals surface area contributed by atoms with E-state index in [1.807, 2.05) is 7.05 Å². The first kappa shape index (κ1) is 9.96. The molecule has 0 atom stereocenters. The van der Waals surface area contributed by atoms with Crippen LogP contribution in [-0.2, 0) is 4.74 Å². The fourth-order valence-electron chi connectivity index (χ4n) is 1.34. The summed E-state index contributed by atoms with van der Waals surface area (Å²) in [6.45, 7) is 1.90. The molecule has 3 heteroatoms. The molecular formula is C9H20N2O. The molecule has 0 aromatic heterocycles. The average molecular weight is 172 g/mol. The summed E-state index contributed by atoms with van der Waals surface area (Å²) in [6, 6.07) is 0.703. The predicted octanol–water partition coefficient (Wildman–Crippen LogP) is 0.315. The molecule has 1 aliphatic carbocycles. The van der Waals surface area contributed by atoms with Crippen molar-refractivity contribution in [3.8, 4) is 0 Å². The Hall–Kier alpha value is -0.120. The van der Waals surface area contributed by atoms with Crippen molar-refractivity contribution < 1.29 is 4.74 Å². The van der Waals surface area contributed by atoms with E-state index in [4.69, 9.17) is 4.74 Å². The van der Waals surface area contributed by atoms with Crippen molar-refractivity contribution in [2.75, 3.05) is 34.3 Å². The van der Waals surface area contributed by atoms with Gasteiger partial charge in [-0.2, -0.15) is 0 Å². The molecule has 3 nitrogen and oxygen atoms in total. The van der Waals surface area contributed by atoms with Crippen LogP contribution in [0.1, 0.15) is 12.8 Å². The lowest BCUT2D eigenvalue weighted by Gasteiger charge is -2.35. The molecule has 0 spiro atoms. The lowest BCUT2D eigenvalue weighted by atomic mass is 9.89. The smallest absolute Gasteiger partial charge is 0.0605 e. The SMILES string of the molecule is CNC1CC(OCCN(C)C)C1. The summed E-state index contributed by atoms with van der Waals surface area (Å²) in [6.07, 6.45) is 2.89. The maximum absolute atomic E-state index is 5.64. The Labute approximate surface area is 75.1 Å². The lowest BCUT2D eigenvalue weighted by Crippen LogP contribution is -2.44. The number of ether oxygens (including phenoxy) is 1. The fraction of sp³-hybridized carbons (Fsp3) is 1.00. The Bertz CT molecular complexity index is 122. The third kappa shape index (κ3) is 3.09. The number of rotatable bonds is 5. The van der Waals surface area contributed by atoms with Gasteiger partial charge in [0, 0.05) is 12.6 Å². The number of likely N-dealkylation sites (N-methyl/N-ethyl adjacent to an activating group) is 1. The summed E-state index contributed by atoms with van der Waals surface area (Å²) in [5.41, 5.74) is 0. The van der Waals surface area contributed by atoms with Crippen molar-refractivity contribution in [3.05, 3.63) is 0 Å². The highest BCUT2D eigenvalue weighted by Crippen LogP contribution is 2.22. The van der Waals surface area contributed by atoms with Crippen LogP contribution in [0.2, 0.25) is 0 Å². The molecule has 0 radical (unpaired) electrons. The van der Waals surface area contributed by atoms with E-state index in [0.717, 1.165) is 13.2 Å². The minimum absolute atomic E-state index is 0.516. The van der Waals surface area contributed by atoms with E-state index in [0.29, 0.717) is 12.1 Å². The molecule has 0 aliphatic heterocycles. The van der Waals surface area contributed by atoms with Crippen molar-refractivity contribution in [3.63, 3.8) is 0 Å². The molecule has 12 heavy (non-hydrogen) atoms. The van der Waals surface area contributed by atoms with Crippen molar-refractivity contribution in [2.45, 2.75) is 25.0 Å². The van der Waals surface area contributed by atoms with Crippen molar-refractivity contribution in [1.82, 2.24) is 10.2 Å². The van der Waals surface area contributed by atoms with Crippen LogP contribution in [-0.4, -0.2) is 51.3 Å². The second-order valence-corrected chi connectivity index (χ2v) is 3.75. The van der Waals surface area contributed by atoms with E-state index >= 15 is 0 Å². The number of nitrogens with one attached hydrogen (secondary N) is 1. The van der Waals surface area contributed by atoms with Gasteiger partial charge in [0.05, 0.1) is 12.7 Å². The Kier molecular flexibility index (Phi) is 3.98. The molecule has 0 amide bonds. The van der Waals surface area contributed by atoms with Gasteiger partial charge in [0.1, 0.15) is 0 Å². The molecule has 72 valence electrons. The predicted molar refractivity (Wildman–Crippen MR) is 50.4 cm³/mol. The van der Waals surface area contributed by atoms with Gasteiger partial charge in [-0.25, -0.2) is 0 Å². The lowest BCUT2D eigenvalue weighted by molar-refractivity contribution is -0.0194. The standard InChI is InChI=1S/C9H20N2O/c1-10-8-6-9(7-8)12-5-4-11(2)3/h8-10H,4-7H2,1-3H3. The van der Waals surface area contributed by atoms with Gasteiger partial charge < -0.3 is 15.0 Å².